The van der Waals surface area contributed by atoms with Crippen molar-refractivity contribution in [3.63, 3.8) is 0 Å². The number of aliphatic hydroxyl groups is 1. The second-order valence-corrected chi connectivity index (χ2v) is 8.80. The summed E-state index contributed by atoms with van der Waals surface area (Å²) in [6, 6.07) is 10.6. The van der Waals surface area contributed by atoms with Crippen LogP contribution >= 0.6 is 0 Å². The van der Waals surface area contributed by atoms with Gasteiger partial charge in [-0.3, -0.25) is 9.80 Å². The molecule has 29 heavy (non-hydrogen) atoms. The number of benzene rings is 1. The molecule has 160 valence electrons. The number of likely N-dealkylation sites (tertiary alicyclic amines) is 1. The Morgan fingerprint density at radius 1 is 1.10 bits per heavy atom. The van der Waals surface area contributed by atoms with Gasteiger partial charge in [0.1, 0.15) is 18.5 Å². The van der Waals surface area contributed by atoms with Gasteiger partial charge >= 0.3 is 0 Å². The van der Waals surface area contributed by atoms with E-state index in [0.29, 0.717) is 13.2 Å². The molecule has 6 heteroatoms. The minimum absolute atomic E-state index is 0.166. The smallest absolute Gasteiger partial charge is 0.119 e. The summed E-state index contributed by atoms with van der Waals surface area (Å²) in [5.41, 5.74) is 1.05. The summed E-state index contributed by atoms with van der Waals surface area (Å²) in [5.74, 6) is 0.816. The molecule has 0 unspecified atom stereocenters. The number of hydrogen-bond donors (Lipinski definition) is 1. The Bertz CT molecular complexity index is 674. The highest BCUT2D eigenvalue weighted by Gasteiger charge is 2.29. The van der Waals surface area contributed by atoms with Crippen molar-refractivity contribution in [3.05, 3.63) is 29.8 Å². The summed E-state index contributed by atoms with van der Waals surface area (Å²) in [5, 5.41) is 19.7. The largest absolute Gasteiger partial charge is 0.491 e. The van der Waals surface area contributed by atoms with Gasteiger partial charge in [0, 0.05) is 39.3 Å². The van der Waals surface area contributed by atoms with E-state index in [-0.39, 0.29) is 5.41 Å². The third-order valence-electron chi connectivity index (χ3n) is 6.36. The van der Waals surface area contributed by atoms with E-state index in [1.807, 2.05) is 12.1 Å². The van der Waals surface area contributed by atoms with Crippen molar-refractivity contribution in [2.75, 3.05) is 59.0 Å². The van der Waals surface area contributed by atoms with Crippen molar-refractivity contribution >= 4 is 0 Å². The molecule has 2 heterocycles. The fourth-order valence-corrected chi connectivity index (χ4v) is 4.14. The van der Waals surface area contributed by atoms with Crippen LogP contribution in [-0.4, -0.2) is 84.9 Å². The van der Waals surface area contributed by atoms with Gasteiger partial charge in [-0.05, 0) is 57.1 Å². The van der Waals surface area contributed by atoms with E-state index in [4.69, 9.17) is 4.74 Å². The van der Waals surface area contributed by atoms with E-state index in [2.05, 4.69) is 46.7 Å². The second-order valence-electron chi connectivity index (χ2n) is 8.80. The summed E-state index contributed by atoms with van der Waals surface area (Å²) in [6.45, 7) is 13.3. The highest BCUT2D eigenvalue weighted by molar-refractivity contribution is 5.28. The van der Waals surface area contributed by atoms with Crippen LogP contribution in [-0.2, 0) is 6.54 Å². The number of piperazine rings is 1. The van der Waals surface area contributed by atoms with Gasteiger partial charge in [0.05, 0.1) is 11.5 Å². The number of rotatable bonds is 8. The van der Waals surface area contributed by atoms with Gasteiger partial charge in [0.2, 0.25) is 0 Å². The van der Waals surface area contributed by atoms with Crippen LogP contribution in [0.3, 0.4) is 0 Å². The van der Waals surface area contributed by atoms with Crippen molar-refractivity contribution in [2.45, 2.75) is 39.3 Å². The molecule has 2 aliphatic rings. The fraction of sp³-hybridized carbons (Fsp3) is 0.696. The first-order valence-electron chi connectivity index (χ1n) is 11.0. The van der Waals surface area contributed by atoms with Gasteiger partial charge in [0.25, 0.3) is 0 Å². The van der Waals surface area contributed by atoms with Crippen molar-refractivity contribution in [1.29, 1.82) is 5.26 Å². The molecule has 0 aromatic heterocycles. The first-order chi connectivity index (χ1) is 14.0. The zero-order chi connectivity index (χ0) is 20.7. The maximum absolute atomic E-state index is 10.4. The van der Waals surface area contributed by atoms with Crippen LogP contribution in [0.15, 0.2) is 24.3 Å². The first-order valence-corrected chi connectivity index (χ1v) is 11.0. The Morgan fingerprint density at radius 3 is 2.45 bits per heavy atom. The average molecular weight is 401 g/mol. The lowest BCUT2D eigenvalue weighted by Crippen LogP contribution is -2.49. The van der Waals surface area contributed by atoms with Gasteiger partial charge < -0.3 is 14.7 Å². The number of aliphatic hydroxyl groups excluding tert-OH is 1. The highest BCUT2D eigenvalue weighted by atomic mass is 16.5. The van der Waals surface area contributed by atoms with Gasteiger partial charge in [-0.1, -0.05) is 19.1 Å². The minimum atomic E-state index is -0.474. The lowest BCUT2D eigenvalue weighted by molar-refractivity contribution is 0.0470. The van der Waals surface area contributed by atoms with Crippen LogP contribution in [0.4, 0.5) is 0 Å². The average Bonchev–Trinajstić information content (AvgIpc) is 2.75. The standard InChI is InChI=1S/C23H36N4O2/c1-3-25-11-13-27(14-12-25)17-21(28)18-29-22-6-4-5-20(15-22)16-26-9-7-23(2,19-24)8-10-26/h4-6,15,21,28H,3,7-14,16-18H2,1-2H3/t21-/m1/s1. The van der Waals surface area contributed by atoms with E-state index in [1.54, 1.807) is 0 Å². The van der Waals surface area contributed by atoms with Crippen molar-refractivity contribution in [3.8, 4) is 11.8 Å². The van der Waals surface area contributed by atoms with Gasteiger partial charge in [0.15, 0.2) is 0 Å². The van der Waals surface area contributed by atoms with Crippen LogP contribution in [0.5, 0.6) is 5.75 Å². The topological polar surface area (TPSA) is 63.0 Å². The Kier molecular flexibility index (Phi) is 7.91. The van der Waals surface area contributed by atoms with Crippen molar-refractivity contribution in [1.82, 2.24) is 14.7 Å². The van der Waals surface area contributed by atoms with Gasteiger partial charge in [-0.15, -0.1) is 0 Å². The number of ether oxygens (including phenoxy) is 1. The lowest BCUT2D eigenvalue weighted by atomic mass is 9.82. The molecule has 1 aromatic rings. The van der Waals surface area contributed by atoms with Crippen LogP contribution < -0.4 is 4.74 Å². The monoisotopic (exact) mass is 400 g/mol. The van der Waals surface area contributed by atoms with Crippen LogP contribution in [0, 0.1) is 16.7 Å². The van der Waals surface area contributed by atoms with E-state index in [0.717, 1.165) is 70.9 Å². The summed E-state index contributed by atoms with van der Waals surface area (Å²) < 4.78 is 5.88. The minimum Gasteiger partial charge on any atom is -0.491 e. The fourth-order valence-electron chi connectivity index (χ4n) is 4.14. The molecule has 3 rings (SSSR count). The van der Waals surface area contributed by atoms with Crippen LogP contribution in [0.1, 0.15) is 32.3 Å². The number of β-amino-alcohol motifs (C(OH)–C–C–N with tert-alkyl or cyclic N) is 1. The molecule has 1 aromatic carbocycles. The number of hydrogen-bond acceptors (Lipinski definition) is 6. The van der Waals surface area contributed by atoms with E-state index < -0.39 is 6.10 Å². The SMILES string of the molecule is CCN1CCN(C[C@@H](O)COc2cccc(CN3CCC(C)(C#N)CC3)c2)CC1. The number of nitriles is 1. The Hall–Kier alpha value is -1.65. The first kappa shape index (κ1) is 22.0. The number of nitrogens with zero attached hydrogens (tertiary/aromatic N) is 4. The third-order valence-corrected chi connectivity index (χ3v) is 6.36. The Morgan fingerprint density at radius 2 is 1.79 bits per heavy atom. The molecule has 1 N–H and O–H groups in total. The third kappa shape index (κ3) is 6.68. The molecule has 2 fully saturated rings. The molecule has 0 radical (unpaired) electrons. The number of likely N-dealkylation sites (N-methyl/N-ethyl adjacent to an activating group) is 1. The quantitative estimate of drug-likeness (QED) is 0.722. The van der Waals surface area contributed by atoms with E-state index >= 15 is 0 Å². The van der Waals surface area contributed by atoms with Gasteiger partial charge in [-0.25, -0.2) is 0 Å². The molecule has 0 bridgehead atoms. The molecule has 6 nitrogen and oxygen atoms in total. The summed E-state index contributed by atoms with van der Waals surface area (Å²) in [4.78, 5) is 7.17. The number of piperidine rings is 1. The van der Waals surface area contributed by atoms with E-state index in [9.17, 15) is 10.4 Å². The lowest BCUT2D eigenvalue weighted by Gasteiger charge is -2.35. The molecule has 0 spiro atoms. The Labute approximate surface area is 175 Å². The predicted octanol–water partition coefficient (Wildman–Crippen LogP) is 2.19. The maximum atomic E-state index is 10.4. The Balaban J connectivity index is 1.41. The van der Waals surface area contributed by atoms with Crippen LogP contribution in [0.2, 0.25) is 0 Å². The molecule has 1 atom stereocenters. The molecule has 0 amide bonds. The molecular weight excluding hydrogens is 364 g/mol. The molecular formula is C23H36N4O2. The molecule has 2 aliphatic heterocycles. The van der Waals surface area contributed by atoms with E-state index in [1.165, 1.54) is 5.56 Å². The predicted molar refractivity (Wildman–Crippen MR) is 115 cm³/mol. The zero-order valence-corrected chi connectivity index (χ0v) is 18.0. The normalized spacial score (nSPS) is 22.1. The summed E-state index contributed by atoms with van der Waals surface area (Å²) >= 11 is 0. The van der Waals surface area contributed by atoms with Gasteiger partial charge in [-0.2, -0.15) is 5.26 Å². The molecule has 0 saturated carbocycles. The van der Waals surface area contributed by atoms with Crippen molar-refractivity contribution < 1.29 is 9.84 Å². The summed E-state index contributed by atoms with van der Waals surface area (Å²) in [6.07, 6.45) is 1.38. The zero-order valence-electron chi connectivity index (χ0n) is 18.0. The molecule has 2 saturated heterocycles. The highest BCUT2D eigenvalue weighted by Crippen LogP contribution is 2.30. The second kappa shape index (κ2) is 10.4. The summed E-state index contributed by atoms with van der Waals surface area (Å²) in [7, 11) is 0. The maximum Gasteiger partial charge on any atom is 0.119 e. The van der Waals surface area contributed by atoms with Crippen LogP contribution in [0.25, 0.3) is 0 Å². The molecule has 0 aliphatic carbocycles. The van der Waals surface area contributed by atoms with Crippen molar-refractivity contribution in [2.24, 2.45) is 5.41 Å².